The zero-order valence-corrected chi connectivity index (χ0v) is 10.2. The normalized spacial score (nSPS) is 9.95. The standard InChI is InChI=1S/C13H11N3O3/c1-9-12(7-11(8-14-9)16(18)19)15-13(17)10-5-3-2-4-6-10/h2-8H,1H3,(H,15,17). The fourth-order valence-corrected chi connectivity index (χ4v) is 1.53. The maximum absolute atomic E-state index is 11.9. The maximum Gasteiger partial charge on any atom is 0.289 e. The number of carbonyl (C=O) groups excluding carboxylic acids is 1. The van der Waals surface area contributed by atoms with Gasteiger partial charge in [-0.15, -0.1) is 0 Å². The Kier molecular flexibility index (Phi) is 3.51. The van der Waals surface area contributed by atoms with Crippen molar-refractivity contribution in [2.24, 2.45) is 0 Å². The Morgan fingerprint density at radius 1 is 1.32 bits per heavy atom. The van der Waals surface area contributed by atoms with Crippen molar-refractivity contribution in [3.63, 3.8) is 0 Å². The molecule has 0 saturated carbocycles. The van der Waals surface area contributed by atoms with Crippen LogP contribution in [0.25, 0.3) is 0 Å². The van der Waals surface area contributed by atoms with Crippen LogP contribution in [0.4, 0.5) is 11.4 Å². The van der Waals surface area contributed by atoms with Crippen molar-refractivity contribution in [1.82, 2.24) is 4.98 Å². The molecule has 2 aromatic rings. The van der Waals surface area contributed by atoms with Crippen molar-refractivity contribution in [3.05, 3.63) is 64.0 Å². The summed E-state index contributed by atoms with van der Waals surface area (Å²) in [5, 5.41) is 13.3. The van der Waals surface area contributed by atoms with Crippen molar-refractivity contribution in [1.29, 1.82) is 0 Å². The number of carbonyl (C=O) groups is 1. The molecule has 0 aliphatic rings. The Hall–Kier alpha value is -2.76. The first-order valence-electron chi connectivity index (χ1n) is 5.55. The van der Waals surface area contributed by atoms with Gasteiger partial charge >= 0.3 is 0 Å². The van der Waals surface area contributed by atoms with Crippen molar-refractivity contribution in [3.8, 4) is 0 Å². The summed E-state index contributed by atoms with van der Waals surface area (Å²) in [6, 6.07) is 9.91. The third-order valence-electron chi connectivity index (χ3n) is 2.57. The zero-order valence-electron chi connectivity index (χ0n) is 10.2. The largest absolute Gasteiger partial charge is 0.320 e. The van der Waals surface area contributed by atoms with Crippen molar-refractivity contribution in [2.75, 3.05) is 5.32 Å². The molecule has 1 heterocycles. The minimum Gasteiger partial charge on any atom is -0.320 e. The molecule has 0 saturated heterocycles. The molecule has 1 amide bonds. The van der Waals surface area contributed by atoms with Crippen LogP contribution in [0, 0.1) is 17.0 Å². The molecule has 0 fully saturated rings. The van der Waals surface area contributed by atoms with Crippen LogP contribution in [-0.2, 0) is 0 Å². The van der Waals surface area contributed by atoms with Crippen LogP contribution in [0.1, 0.15) is 16.1 Å². The second kappa shape index (κ2) is 5.26. The molecule has 96 valence electrons. The fraction of sp³-hybridized carbons (Fsp3) is 0.0769. The maximum atomic E-state index is 11.9. The fourth-order valence-electron chi connectivity index (χ4n) is 1.53. The number of hydrogen-bond acceptors (Lipinski definition) is 4. The predicted octanol–water partition coefficient (Wildman–Crippen LogP) is 2.55. The Morgan fingerprint density at radius 3 is 2.63 bits per heavy atom. The van der Waals surface area contributed by atoms with Crippen LogP contribution in [0.5, 0.6) is 0 Å². The number of amides is 1. The van der Waals surface area contributed by atoms with Gasteiger partial charge in [-0.3, -0.25) is 19.9 Å². The Bertz CT molecular complexity index is 626. The number of benzene rings is 1. The number of nitrogens with one attached hydrogen (secondary N) is 1. The zero-order chi connectivity index (χ0) is 13.8. The van der Waals surface area contributed by atoms with Crippen molar-refractivity contribution < 1.29 is 9.72 Å². The quantitative estimate of drug-likeness (QED) is 0.676. The molecule has 1 N–H and O–H groups in total. The van der Waals surface area contributed by atoms with Crippen LogP contribution >= 0.6 is 0 Å². The van der Waals surface area contributed by atoms with E-state index in [0.29, 0.717) is 16.9 Å². The number of anilines is 1. The highest BCUT2D eigenvalue weighted by Gasteiger charge is 2.12. The van der Waals surface area contributed by atoms with E-state index in [1.807, 2.05) is 0 Å². The van der Waals surface area contributed by atoms with Gasteiger partial charge in [0.05, 0.1) is 16.3 Å². The first kappa shape index (κ1) is 12.7. The first-order chi connectivity index (χ1) is 9.08. The molecule has 6 heteroatoms. The number of aromatic nitrogens is 1. The molecule has 2 rings (SSSR count). The van der Waals surface area contributed by atoms with E-state index in [1.54, 1.807) is 37.3 Å². The lowest BCUT2D eigenvalue weighted by Crippen LogP contribution is -2.13. The first-order valence-corrected chi connectivity index (χ1v) is 5.55. The van der Waals surface area contributed by atoms with Crippen molar-refractivity contribution in [2.45, 2.75) is 6.92 Å². The van der Waals surface area contributed by atoms with E-state index in [4.69, 9.17) is 0 Å². The molecule has 19 heavy (non-hydrogen) atoms. The summed E-state index contributed by atoms with van der Waals surface area (Å²) in [4.78, 5) is 26.0. The SMILES string of the molecule is Cc1ncc([N+](=O)[O-])cc1NC(=O)c1ccccc1. The monoisotopic (exact) mass is 257 g/mol. The third kappa shape index (κ3) is 2.92. The van der Waals surface area contributed by atoms with Gasteiger partial charge in [0.2, 0.25) is 0 Å². The van der Waals surface area contributed by atoms with E-state index in [1.165, 1.54) is 6.07 Å². The van der Waals surface area contributed by atoms with E-state index in [-0.39, 0.29) is 11.6 Å². The molecular formula is C13H11N3O3. The third-order valence-corrected chi connectivity index (χ3v) is 2.57. The lowest BCUT2D eigenvalue weighted by molar-refractivity contribution is -0.385. The highest BCUT2D eigenvalue weighted by atomic mass is 16.6. The summed E-state index contributed by atoms with van der Waals surface area (Å²) in [5.41, 5.74) is 1.18. The summed E-state index contributed by atoms with van der Waals surface area (Å²) in [7, 11) is 0. The van der Waals surface area contributed by atoms with Gasteiger partial charge in [-0.1, -0.05) is 18.2 Å². The minimum absolute atomic E-state index is 0.158. The molecule has 1 aromatic carbocycles. The van der Waals surface area contributed by atoms with E-state index < -0.39 is 4.92 Å². The van der Waals surface area contributed by atoms with Gasteiger partial charge in [-0.25, -0.2) is 0 Å². The minimum atomic E-state index is -0.551. The molecule has 1 aromatic heterocycles. The molecule has 0 unspecified atom stereocenters. The molecule has 0 atom stereocenters. The summed E-state index contributed by atoms with van der Waals surface area (Å²) < 4.78 is 0. The second-order valence-electron chi connectivity index (χ2n) is 3.90. The molecule has 0 spiro atoms. The summed E-state index contributed by atoms with van der Waals surface area (Å²) in [6.07, 6.45) is 1.16. The van der Waals surface area contributed by atoms with Gasteiger partial charge in [0, 0.05) is 11.6 Å². The highest BCUT2D eigenvalue weighted by molar-refractivity contribution is 6.04. The number of nitrogens with zero attached hydrogens (tertiary/aromatic N) is 2. The Morgan fingerprint density at radius 2 is 2.00 bits per heavy atom. The lowest BCUT2D eigenvalue weighted by atomic mass is 10.2. The van der Waals surface area contributed by atoms with Crippen LogP contribution in [0.2, 0.25) is 0 Å². The number of rotatable bonds is 3. The number of pyridine rings is 1. The van der Waals surface area contributed by atoms with Crippen LogP contribution in [-0.4, -0.2) is 15.8 Å². The number of hydrogen-bond donors (Lipinski definition) is 1. The van der Waals surface area contributed by atoms with E-state index >= 15 is 0 Å². The van der Waals surface area contributed by atoms with Gasteiger partial charge in [0.15, 0.2) is 0 Å². The molecule has 0 aliphatic heterocycles. The Labute approximate surface area is 109 Å². The van der Waals surface area contributed by atoms with Gasteiger partial charge in [0.1, 0.15) is 6.20 Å². The number of aryl methyl sites for hydroxylation is 1. The van der Waals surface area contributed by atoms with Gasteiger partial charge in [-0.05, 0) is 19.1 Å². The topological polar surface area (TPSA) is 85.1 Å². The van der Waals surface area contributed by atoms with Gasteiger partial charge in [-0.2, -0.15) is 0 Å². The van der Waals surface area contributed by atoms with Crippen LogP contribution < -0.4 is 5.32 Å². The second-order valence-corrected chi connectivity index (χ2v) is 3.90. The summed E-state index contributed by atoms with van der Waals surface area (Å²) in [5.74, 6) is -0.328. The smallest absolute Gasteiger partial charge is 0.289 e. The Balaban J connectivity index is 2.26. The van der Waals surface area contributed by atoms with E-state index in [0.717, 1.165) is 6.20 Å². The van der Waals surface area contributed by atoms with Crippen molar-refractivity contribution >= 4 is 17.3 Å². The van der Waals surface area contributed by atoms with Gasteiger partial charge in [0.25, 0.3) is 11.6 Å². The lowest BCUT2D eigenvalue weighted by Gasteiger charge is -2.07. The molecule has 0 bridgehead atoms. The van der Waals surface area contributed by atoms with Crippen LogP contribution in [0.3, 0.4) is 0 Å². The molecule has 0 radical (unpaired) electrons. The summed E-state index contributed by atoms with van der Waals surface area (Å²) >= 11 is 0. The molecule has 6 nitrogen and oxygen atoms in total. The van der Waals surface area contributed by atoms with E-state index in [2.05, 4.69) is 10.3 Å². The predicted molar refractivity (Wildman–Crippen MR) is 70.0 cm³/mol. The number of nitro groups is 1. The van der Waals surface area contributed by atoms with Crippen LogP contribution in [0.15, 0.2) is 42.6 Å². The average Bonchev–Trinajstić information content (AvgIpc) is 2.42. The molecule has 0 aliphatic carbocycles. The highest BCUT2D eigenvalue weighted by Crippen LogP contribution is 2.20. The average molecular weight is 257 g/mol. The molecular weight excluding hydrogens is 246 g/mol. The van der Waals surface area contributed by atoms with Gasteiger partial charge < -0.3 is 5.32 Å². The van der Waals surface area contributed by atoms with E-state index in [9.17, 15) is 14.9 Å². The summed E-state index contributed by atoms with van der Waals surface area (Å²) in [6.45, 7) is 1.67.